The van der Waals surface area contributed by atoms with E-state index in [1.807, 2.05) is 19.1 Å². The Morgan fingerprint density at radius 1 is 1.42 bits per heavy atom. The smallest absolute Gasteiger partial charge is 0.191 e. The quantitative estimate of drug-likeness (QED) is 0.456. The monoisotopic (exact) mass is 273 g/mol. The number of hydrogen-bond acceptors (Lipinski definition) is 3. The molecule has 1 aromatic carbocycles. The molecule has 0 spiro atoms. The van der Waals surface area contributed by atoms with Crippen LogP contribution in [0.25, 0.3) is 0 Å². The molecular weight excluding hydrogens is 258 g/mol. The van der Waals surface area contributed by atoms with Gasteiger partial charge < -0.3 is 10.3 Å². The number of imidazole rings is 1. The fourth-order valence-electron chi connectivity index (χ4n) is 1.60. The van der Waals surface area contributed by atoms with Crippen molar-refractivity contribution < 1.29 is 0 Å². The van der Waals surface area contributed by atoms with Gasteiger partial charge in [-0.2, -0.15) is 5.10 Å². The van der Waals surface area contributed by atoms with E-state index in [1.54, 1.807) is 18.7 Å². The Labute approximate surface area is 117 Å². The first-order valence-electron chi connectivity index (χ1n) is 5.81. The minimum absolute atomic E-state index is 0.443. The van der Waals surface area contributed by atoms with Crippen LogP contribution in [0.3, 0.4) is 0 Å². The zero-order chi connectivity index (χ0) is 13.7. The molecule has 0 aliphatic rings. The zero-order valence-corrected chi connectivity index (χ0v) is 11.6. The average Bonchev–Trinajstić information content (AvgIpc) is 2.86. The molecule has 0 atom stereocenters. The second kappa shape index (κ2) is 6.10. The maximum atomic E-state index is 5.16. The van der Waals surface area contributed by atoms with Crippen molar-refractivity contribution in [3.05, 3.63) is 47.5 Å². The van der Waals surface area contributed by atoms with Crippen molar-refractivity contribution in [2.75, 3.05) is 5.32 Å². The van der Waals surface area contributed by atoms with Crippen molar-refractivity contribution in [3.8, 4) is 0 Å². The fraction of sp³-hybridized carbons (Fsp3) is 0.154. The molecule has 0 bridgehead atoms. The number of aromatic nitrogens is 2. The van der Waals surface area contributed by atoms with Gasteiger partial charge in [0.2, 0.25) is 0 Å². The van der Waals surface area contributed by atoms with Gasteiger partial charge in [-0.15, -0.1) is 0 Å². The second-order valence-corrected chi connectivity index (χ2v) is 4.54. The minimum Gasteiger partial charge on any atom is -0.351 e. The molecule has 1 aromatic heterocycles. The number of hydrogen-bond donors (Lipinski definition) is 3. The maximum Gasteiger partial charge on any atom is 0.191 e. The number of benzene rings is 1. The van der Waals surface area contributed by atoms with E-state index in [0.29, 0.717) is 5.11 Å². The van der Waals surface area contributed by atoms with Gasteiger partial charge in [-0.1, -0.05) is 17.7 Å². The lowest BCUT2D eigenvalue weighted by Crippen LogP contribution is -2.24. The van der Waals surface area contributed by atoms with E-state index in [2.05, 4.69) is 38.8 Å². The fourth-order valence-corrected chi connectivity index (χ4v) is 1.77. The van der Waals surface area contributed by atoms with Gasteiger partial charge >= 0.3 is 0 Å². The van der Waals surface area contributed by atoms with Crippen molar-refractivity contribution in [3.63, 3.8) is 0 Å². The van der Waals surface area contributed by atoms with Gasteiger partial charge in [0, 0.05) is 11.9 Å². The topological polar surface area (TPSA) is 65.1 Å². The number of aromatic amines is 1. The number of H-pyrrole nitrogens is 1. The highest BCUT2D eigenvalue weighted by Gasteiger charge is 2.00. The molecule has 6 heteroatoms. The third-order valence-electron chi connectivity index (χ3n) is 2.51. The van der Waals surface area contributed by atoms with E-state index in [0.717, 1.165) is 16.9 Å². The van der Waals surface area contributed by atoms with E-state index in [9.17, 15) is 0 Å². The number of hydrazone groups is 1. The summed E-state index contributed by atoms with van der Waals surface area (Å²) in [4.78, 5) is 6.85. The third-order valence-corrected chi connectivity index (χ3v) is 2.71. The lowest BCUT2D eigenvalue weighted by molar-refractivity contribution is 1.05. The first-order valence-corrected chi connectivity index (χ1v) is 6.22. The van der Waals surface area contributed by atoms with Crippen molar-refractivity contribution in [1.82, 2.24) is 15.4 Å². The van der Waals surface area contributed by atoms with E-state index < -0.39 is 0 Å². The Kier molecular flexibility index (Phi) is 4.25. The number of aryl methyl sites for hydroxylation is 2. The van der Waals surface area contributed by atoms with Gasteiger partial charge in [0.25, 0.3) is 0 Å². The highest BCUT2D eigenvalue weighted by atomic mass is 32.1. The first-order chi connectivity index (χ1) is 9.15. The highest BCUT2D eigenvalue weighted by Crippen LogP contribution is 2.15. The Morgan fingerprint density at radius 3 is 2.95 bits per heavy atom. The van der Waals surface area contributed by atoms with Crippen molar-refractivity contribution in [2.24, 2.45) is 5.10 Å². The van der Waals surface area contributed by atoms with Gasteiger partial charge in [-0.05, 0) is 37.7 Å². The molecule has 1 heterocycles. The molecule has 0 saturated carbocycles. The lowest BCUT2D eigenvalue weighted by atomic mass is 10.1. The summed E-state index contributed by atoms with van der Waals surface area (Å²) >= 11 is 5.16. The molecule has 0 saturated heterocycles. The lowest BCUT2D eigenvalue weighted by Gasteiger charge is -2.10. The summed E-state index contributed by atoms with van der Waals surface area (Å²) in [6, 6.07) is 6.12. The van der Waals surface area contributed by atoms with Gasteiger partial charge in [-0.25, -0.2) is 4.98 Å². The van der Waals surface area contributed by atoms with Crippen LogP contribution in [0, 0.1) is 13.8 Å². The van der Waals surface area contributed by atoms with E-state index in [1.165, 1.54) is 5.56 Å². The Balaban J connectivity index is 1.91. The predicted molar refractivity (Wildman–Crippen MR) is 81.5 cm³/mol. The van der Waals surface area contributed by atoms with Crippen LogP contribution in [0.15, 0.2) is 35.8 Å². The van der Waals surface area contributed by atoms with Crippen LogP contribution in [0.1, 0.15) is 16.8 Å². The summed E-state index contributed by atoms with van der Waals surface area (Å²) in [7, 11) is 0. The van der Waals surface area contributed by atoms with E-state index in [4.69, 9.17) is 12.2 Å². The Hall–Kier alpha value is -2.21. The summed E-state index contributed by atoms with van der Waals surface area (Å²) < 4.78 is 0. The number of anilines is 1. The minimum atomic E-state index is 0.443. The molecule has 19 heavy (non-hydrogen) atoms. The second-order valence-electron chi connectivity index (χ2n) is 4.14. The summed E-state index contributed by atoms with van der Waals surface area (Å²) in [6.07, 6.45) is 4.92. The molecule has 0 fully saturated rings. The third kappa shape index (κ3) is 3.89. The number of nitrogens with one attached hydrogen (secondary N) is 3. The summed E-state index contributed by atoms with van der Waals surface area (Å²) in [5.74, 6) is 0. The Morgan fingerprint density at radius 2 is 2.26 bits per heavy atom. The Bertz CT molecular complexity index is 589. The maximum absolute atomic E-state index is 5.16. The van der Waals surface area contributed by atoms with Crippen LogP contribution >= 0.6 is 12.2 Å². The van der Waals surface area contributed by atoms with Crippen LogP contribution in [0.5, 0.6) is 0 Å². The number of rotatable bonds is 3. The molecule has 0 unspecified atom stereocenters. The standard InChI is InChI=1S/C13H15N5S/c1-9-3-4-12(10(2)5-9)17-13(19)18-16-7-11-6-14-8-15-11/h3-8H,1-2H3,(H,14,15)(H2,17,18,19)/b16-7+. The molecule has 2 aromatic rings. The van der Waals surface area contributed by atoms with Gasteiger partial charge in [0.15, 0.2) is 5.11 Å². The van der Waals surface area contributed by atoms with Crippen LogP contribution in [0.2, 0.25) is 0 Å². The van der Waals surface area contributed by atoms with Gasteiger partial charge in [0.1, 0.15) is 5.69 Å². The van der Waals surface area contributed by atoms with Crippen molar-refractivity contribution in [2.45, 2.75) is 13.8 Å². The molecule has 98 valence electrons. The molecule has 2 rings (SSSR count). The van der Waals surface area contributed by atoms with Crippen LogP contribution in [-0.4, -0.2) is 21.3 Å². The molecule has 0 amide bonds. The van der Waals surface area contributed by atoms with E-state index in [-0.39, 0.29) is 0 Å². The van der Waals surface area contributed by atoms with Crippen molar-refractivity contribution >= 4 is 29.2 Å². The molecule has 0 radical (unpaired) electrons. The predicted octanol–water partition coefficient (Wildman–Crippen LogP) is 2.35. The summed E-state index contributed by atoms with van der Waals surface area (Å²) in [5.41, 5.74) is 6.82. The SMILES string of the molecule is Cc1ccc(NC(=S)N/N=C/c2c[nH]cn2)c(C)c1. The summed E-state index contributed by atoms with van der Waals surface area (Å²) in [5, 5.41) is 7.54. The number of nitrogens with zero attached hydrogens (tertiary/aromatic N) is 2. The molecule has 3 N–H and O–H groups in total. The largest absolute Gasteiger partial charge is 0.351 e. The first kappa shape index (κ1) is 13.2. The number of thiocarbonyl (C=S) groups is 1. The molecule has 0 aliphatic heterocycles. The van der Waals surface area contributed by atoms with Crippen LogP contribution < -0.4 is 10.7 Å². The molecule has 0 aliphatic carbocycles. The zero-order valence-electron chi connectivity index (χ0n) is 10.8. The molecular formula is C13H15N5S. The van der Waals surface area contributed by atoms with Crippen LogP contribution in [0.4, 0.5) is 5.69 Å². The van der Waals surface area contributed by atoms with Crippen molar-refractivity contribution in [1.29, 1.82) is 0 Å². The van der Waals surface area contributed by atoms with Crippen LogP contribution in [-0.2, 0) is 0 Å². The summed E-state index contributed by atoms with van der Waals surface area (Å²) in [6.45, 7) is 4.09. The van der Waals surface area contributed by atoms with E-state index >= 15 is 0 Å². The average molecular weight is 273 g/mol. The molecule has 5 nitrogen and oxygen atoms in total. The van der Waals surface area contributed by atoms with Gasteiger partial charge in [-0.3, -0.25) is 5.43 Å². The highest BCUT2D eigenvalue weighted by molar-refractivity contribution is 7.80. The van der Waals surface area contributed by atoms with Gasteiger partial charge in [0.05, 0.1) is 12.5 Å². The normalized spacial score (nSPS) is 10.6.